The topological polar surface area (TPSA) is 59.6 Å². The van der Waals surface area contributed by atoms with Gasteiger partial charge in [-0.05, 0) is 6.92 Å². The molecule has 1 aromatic carbocycles. The van der Waals surface area contributed by atoms with Crippen molar-refractivity contribution >= 4 is 0 Å². The number of para-hydroxylation sites is 1. The van der Waals surface area contributed by atoms with Crippen molar-refractivity contribution in [2.75, 3.05) is 0 Å². The molecule has 0 bridgehead atoms. The van der Waals surface area contributed by atoms with Crippen LogP contribution in [0.2, 0.25) is 0 Å². The van der Waals surface area contributed by atoms with Gasteiger partial charge < -0.3 is 11.3 Å². The maximum absolute atomic E-state index is 10.6. The molecule has 2 heteroatoms. The zero-order valence-corrected chi connectivity index (χ0v) is 5.72. The second-order valence-corrected chi connectivity index (χ2v) is 1.77. The number of aryl methyl sites for hydroxylation is 1. The number of hydrogen-bond donors (Lipinski definition) is 1. The van der Waals surface area contributed by atoms with Crippen molar-refractivity contribution in [3.8, 4) is 5.75 Å². The molecule has 4 N–H and O–H groups in total. The molecule has 0 heterocycles. The third kappa shape index (κ3) is 1.74. The molecule has 50 valence electrons. The van der Waals surface area contributed by atoms with Crippen molar-refractivity contribution in [3.05, 3.63) is 29.8 Å². The van der Waals surface area contributed by atoms with Crippen molar-refractivity contribution in [1.29, 1.82) is 0 Å². The summed E-state index contributed by atoms with van der Waals surface area (Å²) in [6.07, 6.45) is 0. The molecule has 1 aromatic rings. The minimum Gasteiger partial charge on any atom is -0.872 e. The van der Waals surface area contributed by atoms with Crippen LogP contribution in [-0.4, -0.2) is 0 Å². The molecule has 0 aliphatic rings. The van der Waals surface area contributed by atoms with E-state index in [1.807, 2.05) is 19.1 Å². The molecule has 0 unspecified atom stereocenters. The highest BCUT2D eigenvalue weighted by molar-refractivity contribution is 5.28. The minimum atomic E-state index is 0. The Morgan fingerprint density at radius 1 is 1.22 bits per heavy atom. The zero-order chi connectivity index (χ0) is 5.98. The molecule has 0 atom stereocenters. The van der Waals surface area contributed by atoms with Gasteiger partial charge in [0, 0.05) is 0 Å². The van der Waals surface area contributed by atoms with E-state index in [0.29, 0.717) is 0 Å². The van der Waals surface area contributed by atoms with Gasteiger partial charge in [0.2, 0.25) is 0 Å². The summed E-state index contributed by atoms with van der Waals surface area (Å²) in [6, 6.07) is 6.98. The fourth-order valence-corrected chi connectivity index (χ4v) is 0.556. The fourth-order valence-electron chi connectivity index (χ4n) is 0.556. The smallest absolute Gasteiger partial charge is 0.0404 e. The van der Waals surface area contributed by atoms with Gasteiger partial charge in [-0.1, -0.05) is 29.8 Å². The molecule has 0 saturated carbocycles. The van der Waals surface area contributed by atoms with Gasteiger partial charge in [0.1, 0.15) is 0 Å². The van der Waals surface area contributed by atoms with Crippen LogP contribution in [-0.2, 0) is 0 Å². The molecular weight excluding hydrogens is 114 g/mol. The molecule has 0 spiro atoms. The predicted octanol–water partition coefficient (Wildman–Crippen LogP) is 1.44. The number of quaternary nitrogens is 1. The number of rotatable bonds is 0. The summed E-state index contributed by atoms with van der Waals surface area (Å²) in [4.78, 5) is 0. The number of benzene rings is 1. The first-order valence-corrected chi connectivity index (χ1v) is 2.53. The molecule has 0 aliphatic heterocycles. The third-order valence-corrected chi connectivity index (χ3v) is 1.09. The number of hydrogen-bond acceptors (Lipinski definition) is 1. The standard InChI is InChI=1S/C7H8O.H3N/c1-6-4-2-3-5-7(6)8;/h2-5,8H,1H3;1H3. The monoisotopic (exact) mass is 125 g/mol. The lowest BCUT2D eigenvalue weighted by atomic mass is 10.2. The lowest BCUT2D eigenvalue weighted by molar-refractivity contribution is -0.269. The van der Waals surface area contributed by atoms with Gasteiger partial charge in [-0.2, -0.15) is 0 Å². The third-order valence-electron chi connectivity index (χ3n) is 1.09. The minimum absolute atomic E-state index is 0. The molecule has 0 fully saturated rings. The molecule has 2 nitrogen and oxygen atoms in total. The lowest BCUT2D eigenvalue weighted by Gasteiger charge is -2.06. The van der Waals surface area contributed by atoms with Crippen LogP contribution in [0.4, 0.5) is 0 Å². The Hall–Kier alpha value is -1.02. The molecule has 0 aliphatic carbocycles. The van der Waals surface area contributed by atoms with Gasteiger partial charge in [-0.15, -0.1) is 5.75 Å². The molecular formula is C7H11NO. The van der Waals surface area contributed by atoms with Gasteiger partial charge in [-0.25, -0.2) is 0 Å². The van der Waals surface area contributed by atoms with Crippen molar-refractivity contribution in [1.82, 2.24) is 6.15 Å². The van der Waals surface area contributed by atoms with Crippen LogP contribution in [0.1, 0.15) is 5.56 Å². The highest BCUT2D eigenvalue weighted by Crippen LogP contribution is 2.08. The van der Waals surface area contributed by atoms with Crippen molar-refractivity contribution < 1.29 is 5.11 Å². The first-order valence-electron chi connectivity index (χ1n) is 2.53. The van der Waals surface area contributed by atoms with E-state index in [4.69, 9.17) is 0 Å². The Balaban J connectivity index is 0.000000640. The summed E-state index contributed by atoms with van der Waals surface area (Å²) in [6.45, 7) is 1.81. The maximum Gasteiger partial charge on any atom is -0.0404 e. The zero-order valence-electron chi connectivity index (χ0n) is 5.72. The van der Waals surface area contributed by atoms with E-state index in [1.54, 1.807) is 12.1 Å². The van der Waals surface area contributed by atoms with E-state index in [-0.39, 0.29) is 11.9 Å². The van der Waals surface area contributed by atoms with Crippen LogP contribution in [0.3, 0.4) is 0 Å². The highest BCUT2D eigenvalue weighted by atomic mass is 16.3. The largest absolute Gasteiger partial charge is 0.872 e. The van der Waals surface area contributed by atoms with Crippen molar-refractivity contribution in [3.63, 3.8) is 0 Å². The van der Waals surface area contributed by atoms with Crippen LogP contribution < -0.4 is 11.3 Å². The quantitative estimate of drug-likeness (QED) is 0.560. The second-order valence-electron chi connectivity index (χ2n) is 1.77. The Morgan fingerprint density at radius 2 is 1.78 bits per heavy atom. The second kappa shape index (κ2) is 3.10. The van der Waals surface area contributed by atoms with E-state index in [1.165, 1.54) is 0 Å². The van der Waals surface area contributed by atoms with E-state index < -0.39 is 0 Å². The lowest BCUT2D eigenvalue weighted by Crippen LogP contribution is -1.90. The fraction of sp³-hybridized carbons (Fsp3) is 0.143. The Bertz CT molecular complexity index is 165. The summed E-state index contributed by atoms with van der Waals surface area (Å²) < 4.78 is 0. The molecule has 9 heavy (non-hydrogen) atoms. The Kier molecular flexibility index (Phi) is 2.74. The Morgan fingerprint density at radius 3 is 2.11 bits per heavy atom. The summed E-state index contributed by atoms with van der Waals surface area (Å²) in [5.74, 6) is 0.118. The van der Waals surface area contributed by atoms with Crippen LogP contribution in [0.5, 0.6) is 5.75 Å². The molecule has 1 rings (SSSR count). The van der Waals surface area contributed by atoms with Crippen molar-refractivity contribution in [2.45, 2.75) is 6.92 Å². The SMILES string of the molecule is Cc1ccccc1[O-].[NH4+]. The van der Waals surface area contributed by atoms with Crippen LogP contribution in [0.15, 0.2) is 24.3 Å². The molecule has 0 amide bonds. The first kappa shape index (κ1) is 7.98. The summed E-state index contributed by atoms with van der Waals surface area (Å²) >= 11 is 0. The van der Waals surface area contributed by atoms with Gasteiger partial charge in [0.25, 0.3) is 0 Å². The molecule has 0 radical (unpaired) electrons. The van der Waals surface area contributed by atoms with Gasteiger partial charge in [0.15, 0.2) is 0 Å². The van der Waals surface area contributed by atoms with Crippen LogP contribution >= 0.6 is 0 Å². The van der Waals surface area contributed by atoms with Gasteiger partial charge in [-0.3, -0.25) is 0 Å². The van der Waals surface area contributed by atoms with Crippen LogP contribution in [0.25, 0.3) is 0 Å². The van der Waals surface area contributed by atoms with Gasteiger partial charge >= 0.3 is 0 Å². The molecule has 0 aromatic heterocycles. The van der Waals surface area contributed by atoms with Crippen LogP contribution in [0, 0.1) is 6.92 Å². The average molecular weight is 125 g/mol. The molecule has 0 saturated heterocycles. The highest BCUT2D eigenvalue weighted by Gasteiger charge is 1.78. The van der Waals surface area contributed by atoms with Crippen molar-refractivity contribution in [2.24, 2.45) is 0 Å². The summed E-state index contributed by atoms with van der Waals surface area (Å²) in [5.41, 5.74) is 0.813. The normalized spacial score (nSPS) is 8.11. The van der Waals surface area contributed by atoms with E-state index >= 15 is 0 Å². The maximum atomic E-state index is 10.6. The van der Waals surface area contributed by atoms with E-state index in [9.17, 15) is 5.11 Å². The van der Waals surface area contributed by atoms with E-state index in [0.717, 1.165) is 5.56 Å². The summed E-state index contributed by atoms with van der Waals surface area (Å²) in [5, 5.41) is 10.6. The first-order chi connectivity index (χ1) is 3.80. The average Bonchev–Trinajstić information content (AvgIpc) is 1.77. The van der Waals surface area contributed by atoms with Gasteiger partial charge in [0.05, 0.1) is 0 Å². The van der Waals surface area contributed by atoms with E-state index in [2.05, 4.69) is 0 Å². The summed E-state index contributed by atoms with van der Waals surface area (Å²) in [7, 11) is 0. The Labute approximate surface area is 54.7 Å². The predicted molar refractivity (Wildman–Crippen MR) is 36.6 cm³/mol.